The Balaban J connectivity index is 0.882. The molecule has 8 heteroatoms. The summed E-state index contributed by atoms with van der Waals surface area (Å²) in [5, 5.41) is 0. The maximum absolute atomic E-state index is 14.3. The molecule has 8 nitrogen and oxygen atoms in total. The molecule has 5 aromatic rings. The largest absolute Gasteiger partial charge is 0.493 e. The number of anilines is 2. The van der Waals surface area contributed by atoms with Crippen molar-refractivity contribution in [3.8, 4) is 23.0 Å². The van der Waals surface area contributed by atoms with Gasteiger partial charge in [0.1, 0.15) is 13.2 Å². The number of carbonyl (C=O) groups is 2. The SMILES string of the molecule is C=C1CCC[C@@H]2Cc3ccccc3N2C(=O)c2cc(OC)c(OCc3cccc(COc4cc5c(cc4OC)C(=O)N4c6ccccc6C[C@H]4C4=C5CC4)c3)cc21. The van der Waals surface area contributed by atoms with Gasteiger partial charge >= 0.3 is 0 Å². The van der Waals surface area contributed by atoms with Crippen molar-refractivity contribution in [2.75, 3.05) is 24.0 Å². The zero-order chi connectivity index (χ0) is 38.8. The summed E-state index contributed by atoms with van der Waals surface area (Å²) in [6.45, 7) is 5.00. The third kappa shape index (κ3) is 5.88. The van der Waals surface area contributed by atoms with Crippen LogP contribution in [0.3, 0.4) is 0 Å². The van der Waals surface area contributed by atoms with Crippen molar-refractivity contribution in [3.05, 3.63) is 154 Å². The third-order valence-electron chi connectivity index (χ3n) is 12.5. The highest BCUT2D eigenvalue weighted by Crippen LogP contribution is 2.51. The van der Waals surface area contributed by atoms with Crippen molar-refractivity contribution >= 4 is 34.3 Å². The standard InChI is InChI=1S/C49H44N2O6/c1-29-10-8-15-34-21-32-13-4-6-16-41(32)50(34)48(52)39-25-44(54-2)46(23-37(29)39)56-27-30-11-9-12-31(20-30)28-57-47-24-38-35-18-19-36(35)43-22-33-14-5-7-17-42(33)51(43)49(53)40(38)26-45(47)55-3/h4-7,9,11-14,16-17,20,23-26,34,43H,1,8,10,15,18-19,21-22,27-28H2,2-3H3/t34-,43+/m1/s1. The number of carbonyl (C=O) groups excluding carboxylic acids is 2. The van der Waals surface area contributed by atoms with E-state index in [0.717, 1.165) is 84.1 Å². The number of amides is 2. The highest BCUT2D eigenvalue weighted by Gasteiger charge is 2.44. The molecule has 57 heavy (non-hydrogen) atoms. The van der Waals surface area contributed by atoms with Gasteiger partial charge in [0.2, 0.25) is 0 Å². The molecule has 4 aliphatic heterocycles. The van der Waals surface area contributed by atoms with Gasteiger partial charge in [-0.15, -0.1) is 0 Å². The van der Waals surface area contributed by atoms with E-state index in [1.165, 1.54) is 22.3 Å². The molecule has 0 saturated heterocycles. The molecule has 0 spiro atoms. The quantitative estimate of drug-likeness (QED) is 0.157. The lowest BCUT2D eigenvalue weighted by atomic mass is 9.79. The van der Waals surface area contributed by atoms with Crippen LogP contribution >= 0.6 is 0 Å². The topological polar surface area (TPSA) is 77.5 Å². The number of hydrogen-bond acceptors (Lipinski definition) is 6. The molecule has 5 aliphatic rings. The van der Waals surface area contributed by atoms with Crippen LogP contribution in [-0.2, 0) is 26.1 Å². The summed E-state index contributed by atoms with van der Waals surface area (Å²) >= 11 is 0. The van der Waals surface area contributed by atoms with E-state index in [1.54, 1.807) is 14.2 Å². The van der Waals surface area contributed by atoms with Crippen LogP contribution in [0.2, 0.25) is 0 Å². The van der Waals surface area contributed by atoms with E-state index in [9.17, 15) is 9.59 Å². The van der Waals surface area contributed by atoms with Crippen LogP contribution in [0.15, 0.2) is 109 Å². The first kappa shape index (κ1) is 35.2. The molecule has 1 aliphatic carbocycles. The number of benzene rings is 5. The Labute approximate surface area is 332 Å². The first-order valence-electron chi connectivity index (χ1n) is 19.9. The first-order chi connectivity index (χ1) is 27.9. The lowest BCUT2D eigenvalue weighted by molar-refractivity contribution is 0.0972. The van der Waals surface area contributed by atoms with Crippen molar-refractivity contribution in [2.45, 2.75) is 70.2 Å². The number of rotatable bonds is 8. The molecule has 4 heterocycles. The van der Waals surface area contributed by atoms with E-state index in [2.05, 4.69) is 30.8 Å². The molecular weight excluding hydrogens is 713 g/mol. The zero-order valence-corrected chi connectivity index (χ0v) is 32.3. The number of nitrogens with zero attached hydrogens (tertiary/aromatic N) is 2. The van der Waals surface area contributed by atoms with Gasteiger partial charge in [-0.3, -0.25) is 9.59 Å². The van der Waals surface area contributed by atoms with Crippen molar-refractivity contribution in [1.29, 1.82) is 0 Å². The van der Waals surface area contributed by atoms with Gasteiger partial charge in [-0.05, 0) is 138 Å². The minimum atomic E-state index is -0.0331. The average Bonchev–Trinajstić information content (AvgIpc) is 3.78. The summed E-state index contributed by atoms with van der Waals surface area (Å²) in [5.74, 6) is 2.16. The Kier molecular flexibility index (Phi) is 8.65. The fourth-order valence-electron chi connectivity index (χ4n) is 9.59. The second-order valence-corrected chi connectivity index (χ2v) is 15.7. The van der Waals surface area contributed by atoms with Crippen molar-refractivity contribution in [2.24, 2.45) is 0 Å². The lowest BCUT2D eigenvalue weighted by Crippen LogP contribution is -2.38. The normalized spacial score (nSPS) is 19.0. The van der Waals surface area contributed by atoms with Gasteiger partial charge in [-0.25, -0.2) is 0 Å². The maximum atomic E-state index is 14.3. The van der Waals surface area contributed by atoms with Gasteiger partial charge in [0.05, 0.1) is 31.4 Å². The molecule has 0 N–H and O–H groups in total. The van der Waals surface area contributed by atoms with E-state index < -0.39 is 0 Å². The minimum absolute atomic E-state index is 0.00549. The zero-order valence-electron chi connectivity index (χ0n) is 32.3. The number of allylic oxidation sites excluding steroid dienone is 2. The molecule has 286 valence electrons. The molecule has 0 fully saturated rings. The molecular formula is C49H44N2O6. The molecule has 10 rings (SSSR count). The Morgan fingerprint density at radius 1 is 0.614 bits per heavy atom. The molecule has 0 aromatic heterocycles. The molecule has 0 unspecified atom stereocenters. The van der Waals surface area contributed by atoms with Crippen LogP contribution in [0.4, 0.5) is 11.4 Å². The van der Waals surface area contributed by atoms with Crippen molar-refractivity contribution in [1.82, 2.24) is 0 Å². The smallest absolute Gasteiger partial charge is 0.259 e. The minimum Gasteiger partial charge on any atom is -0.493 e. The molecule has 2 amide bonds. The maximum Gasteiger partial charge on any atom is 0.259 e. The van der Waals surface area contributed by atoms with Gasteiger partial charge in [0, 0.05) is 17.4 Å². The number of methoxy groups -OCH3 is 2. The second-order valence-electron chi connectivity index (χ2n) is 15.7. The van der Waals surface area contributed by atoms with Gasteiger partial charge in [0.25, 0.3) is 11.8 Å². The predicted molar refractivity (Wildman–Crippen MR) is 222 cm³/mol. The average molecular weight is 757 g/mol. The fraction of sp³-hybridized carbons (Fsp3) is 0.265. The summed E-state index contributed by atoms with van der Waals surface area (Å²) in [7, 11) is 3.22. The molecule has 0 saturated carbocycles. The Bertz CT molecular complexity index is 2540. The summed E-state index contributed by atoms with van der Waals surface area (Å²) in [5.41, 5.74) is 12.8. The molecule has 2 atom stereocenters. The van der Waals surface area contributed by atoms with Crippen LogP contribution in [0, 0.1) is 0 Å². The summed E-state index contributed by atoms with van der Waals surface area (Å²) in [6, 6.07) is 32.3. The number of fused-ring (bicyclic) bond motifs is 10. The second kappa shape index (κ2) is 14.0. The predicted octanol–water partition coefficient (Wildman–Crippen LogP) is 9.76. The first-order valence-corrected chi connectivity index (χ1v) is 19.9. The van der Waals surface area contributed by atoms with Crippen LogP contribution < -0.4 is 28.7 Å². The fourth-order valence-corrected chi connectivity index (χ4v) is 9.59. The number of ether oxygens (including phenoxy) is 4. The van der Waals surface area contributed by atoms with Crippen LogP contribution in [0.5, 0.6) is 23.0 Å². The Morgan fingerprint density at radius 2 is 1.19 bits per heavy atom. The Morgan fingerprint density at radius 3 is 1.84 bits per heavy atom. The Hall–Kier alpha value is -6.28. The van der Waals surface area contributed by atoms with Gasteiger partial charge in [-0.2, -0.15) is 0 Å². The van der Waals surface area contributed by atoms with E-state index in [-0.39, 0.29) is 30.5 Å². The monoisotopic (exact) mass is 756 g/mol. The highest BCUT2D eigenvalue weighted by atomic mass is 16.5. The van der Waals surface area contributed by atoms with E-state index in [1.807, 2.05) is 82.6 Å². The van der Waals surface area contributed by atoms with Crippen molar-refractivity contribution in [3.63, 3.8) is 0 Å². The third-order valence-corrected chi connectivity index (χ3v) is 12.5. The number of para-hydroxylation sites is 2. The van der Waals surface area contributed by atoms with E-state index in [0.29, 0.717) is 40.7 Å². The number of hydrogen-bond donors (Lipinski definition) is 0. The van der Waals surface area contributed by atoms with Gasteiger partial charge in [0.15, 0.2) is 23.0 Å². The lowest BCUT2D eigenvalue weighted by Gasteiger charge is -2.31. The molecule has 0 radical (unpaired) electrons. The summed E-state index contributed by atoms with van der Waals surface area (Å²) < 4.78 is 24.5. The highest BCUT2D eigenvalue weighted by molar-refractivity contribution is 6.14. The van der Waals surface area contributed by atoms with E-state index in [4.69, 9.17) is 18.9 Å². The van der Waals surface area contributed by atoms with Gasteiger partial charge < -0.3 is 28.7 Å². The van der Waals surface area contributed by atoms with E-state index >= 15 is 0 Å². The summed E-state index contributed by atoms with van der Waals surface area (Å²) in [4.78, 5) is 32.5. The van der Waals surface area contributed by atoms with Crippen LogP contribution in [0.1, 0.15) is 86.2 Å². The van der Waals surface area contributed by atoms with Crippen molar-refractivity contribution < 1.29 is 28.5 Å². The molecule has 0 bridgehead atoms. The van der Waals surface area contributed by atoms with Gasteiger partial charge in [-0.1, -0.05) is 61.2 Å². The molecule has 5 aromatic carbocycles. The summed E-state index contributed by atoms with van der Waals surface area (Å²) in [6.07, 6.45) is 6.30. The van der Waals surface area contributed by atoms with Crippen LogP contribution in [-0.4, -0.2) is 38.1 Å². The van der Waals surface area contributed by atoms with Crippen LogP contribution in [0.25, 0.3) is 11.1 Å².